The number of carbonyl (C=O) groups excluding carboxylic acids is 1. The molecule has 4 rings (SSSR count). The maximum Gasteiger partial charge on any atom is 0.416 e. The molecule has 0 saturated carbocycles. The summed E-state index contributed by atoms with van der Waals surface area (Å²) in [6, 6.07) is 18.5. The maximum atomic E-state index is 13.1. The quantitative estimate of drug-likeness (QED) is 0.329. The molecule has 1 aliphatic rings. The molecular formula is C26H24F3N3O3. The van der Waals surface area contributed by atoms with E-state index in [1.807, 2.05) is 23.1 Å². The van der Waals surface area contributed by atoms with Crippen LogP contribution in [-0.4, -0.2) is 23.9 Å². The summed E-state index contributed by atoms with van der Waals surface area (Å²) in [5.74, 6) is -0.219. The molecule has 0 radical (unpaired) electrons. The SMILES string of the molecule is O=C(Nc1cccc(C(F)(F)F)c1)c1cc([N+](=O)[O-])ccc1N1CCC(Cc2ccccc2)CC1. The number of benzene rings is 3. The Bertz CT molecular complexity index is 1210. The van der Waals surface area contributed by atoms with E-state index in [1.165, 1.54) is 35.9 Å². The van der Waals surface area contributed by atoms with Crippen LogP contribution in [0.15, 0.2) is 72.8 Å². The molecule has 182 valence electrons. The number of nitrogens with one attached hydrogen (secondary N) is 1. The Labute approximate surface area is 200 Å². The Morgan fingerprint density at radius 3 is 2.37 bits per heavy atom. The highest BCUT2D eigenvalue weighted by atomic mass is 19.4. The van der Waals surface area contributed by atoms with Gasteiger partial charge in [0.2, 0.25) is 0 Å². The molecule has 1 N–H and O–H groups in total. The fourth-order valence-electron chi connectivity index (χ4n) is 4.39. The second-order valence-electron chi connectivity index (χ2n) is 8.61. The Balaban J connectivity index is 1.53. The average molecular weight is 483 g/mol. The largest absolute Gasteiger partial charge is 0.416 e. The second-order valence-corrected chi connectivity index (χ2v) is 8.61. The molecule has 3 aromatic carbocycles. The van der Waals surface area contributed by atoms with Crippen molar-refractivity contribution in [3.05, 3.63) is 99.6 Å². The highest BCUT2D eigenvalue weighted by molar-refractivity contribution is 6.08. The third kappa shape index (κ3) is 5.98. The molecule has 0 spiro atoms. The molecule has 1 heterocycles. The van der Waals surface area contributed by atoms with Gasteiger partial charge in [0.05, 0.1) is 21.7 Å². The van der Waals surface area contributed by atoms with Gasteiger partial charge in [-0.1, -0.05) is 36.4 Å². The van der Waals surface area contributed by atoms with E-state index in [4.69, 9.17) is 0 Å². The highest BCUT2D eigenvalue weighted by Gasteiger charge is 2.31. The summed E-state index contributed by atoms with van der Waals surface area (Å²) in [5.41, 5.74) is 0.652. The number of piperidine rings is 1. The van der Waals surface area contributed by atoms with Crippen molar-refractivity contribution in [1.82, 2.24) is 0 Å². The lowest BCUT2D eigenvalue weighted by Gasteiger charge is -2.34. The summed E-state index contributed by atoms with van der Waals surface area (Å²) in [7, 11) is 0. The van der Waals surface area contributed by atoms with Gasteiger partial charge in [-0.25, -0.2) is 0 Å². The summed E-state index contributed by atoms with van der Waals surface area (Å²) >= 11 is 0. The van der Waals surface area contributed by atoms with Crippen molar-refractivity contribution in [3.63, 3.8) is 0 Å². The first-order chi connectivity index (χ1) is 16.7. The van der Waals surface area contributed by atoms with Gasteiger partial charge in [-0.05, 0) is 55.0 Å². The third-order valence-corrected chi connectivity index (χ3v) is 6.21. The van der Waals surface area contributed by atoms with Crippen LogP contribution in [0.1, 0.15) is 34.3 Å². The lowest BCUT2D eigenvalue weighted by Crippen LogP contribution is -2.35. The Morgan fingerprint density at radius 1 is 1.00 bits per heavy atom. The fourth-order valence-corrected chi connectivity index (χ4v) is 4.39. The molecule has 0 aliphatic carbocycles. The molecule has 0 atom stereocenters. The van der Waals surface area contributed by atoms with Crippen LogP contribution in [-0.2, 0) is 12.6 Å². The van der Waals surface area contributed by atoms with Crippen molar-refractivity contribution >= 4 is 23.0 Å². The number of nitro groups is 1. The van der Waals surface area contributed by atoms with Crippen molar-refractivity contribution in [2.24, 2.45) is 5.92 Å². The molecule has 1 fully saturated rings. The van der Waals surface area contributed by atoms with E-state index in [0.717, 1.165) is 31.4 Å². The molecule has 0 unspecified atom stereocenters. The molecular weight excluding hydrogens is 459 g/mol. The van der Waals surface area contributed by atoms with Crippen LogP contribution >= 0.6 is 0 Å². The van der Waals surface area contributed by atoms with E-state index in [2.05, 4.69) is 17.4 Å². The lowest BCUT2D eigenvalue weighted by molar-refractivity contribution is -0.384. The number of halogens is 3. The van der Waals surface area contributed by atoms with E-state index in [9.17, 15) is 28.1 Å². The number of anilines is 2. The molecule has 35 heavy (non-hydrogen) atoms. The van der Waals surface area contributed by atoms with E-state index in [-0.39, 0.29) is 16.9 Å². The van der Waals surface area contributed by atoms with Gasteiger partial charge in [-0.2, -0.15) is 13.2 Å². The van der Waals surface area contributed by atoms with Crippen LogP contribution in [0.3, 0.4) is 0 Å². The summed E-state index contributed by atoms with van der Waals surface area (Å²) in [6.45, 7) is 1.33. The average Bonchev–Trinajstić information content (AvgIpc) is 2.84. The summed E-state index contributed by atoms with van der Waals surface area (Å²) in [4.78, 5) is 25.8. The minimum Gasteiger partial charge on any atom is -0.371 e. The van der Waals surface area contributed by atoms with Gasteiger partial charge in [0.1, 0.15) is 0 Å². The van der Waals surface area contributed by atoms with Crippen molar-refractivity contribution in [2.45, 2.75) is 25.4 Å². The minimum absolute atomic E-state index is 0.0381. The summed E-state index contributed by atoms with van der Waals surface area (Å²) in [6.07, 6.45) is -1.82. The van der Waals surface area contributed by atoms with Gasteiger partial charge in [-0.15, -0.1) is 0 Å². The fraction of sp³-hybridized carbons (Fsp3) is 0.269. The smallest absolute Gasteiger partial charge is 0.371 e. The van der Waals surface area contributed by atoms with Crippen LogP contribution in [0.2, 0.25) is 0 Å². The van der Waals surface area contributed by atoms with Gasteiger partial charge in [0.25, 0.3) is 11.6 Å². The first-order valence-corrected chi connectivity index (χ1v) is 11.3. The first-order valence-electron chi connectivity index (χ1n) is 11.3. The zero-order valence-corrected chi connectivity index (χ0v) is 18.8. The topological polar surface area (TPSA) is 75.5 Å². The van der Waals surface area contributed by atoms with Crippen LogP contribution in [0.4, 0.5) is 30.2 Å². The number of hydrogen-bond acceptors (Lipinski definition) is 4. The predicted octanol–water partition coefficient (Wildman–Crippen LogP) is 6.33. The normalized spacial score (nSPS) is 14.5. The van der Waals surface area contributed by atoms with Gasteiger partial charge < -0.3 is 10.2 Å². The number of carbonyl (C=O) groups is 1. The number of nitrogens with zero attached hydrogens (tertiary/aromatic N) is 2. The van der Waals surface area contributed by atoms with E-state index in [0.29, 0.717) is 24.7 Å². The van der Waals surface area contributed by atoms with E-state index < -0.39 is 22.6 Å². The van der Waals surface area contributed by atoms with Gasteiger partial charge in [0, 0.05) is 30.9 Å². The van der Waals surface area contributed by atoms with Crippen molar-refractivity contribution in [1.29, 1.82) is 0 Å². The predicted molar refractivity (Wildman–Crippen MR) is 128 cm³/mol. The van der Waals surface area contributed by atoms with E-state index in [1.54, 1.807) is 0 Å². The molecule has 9 heteroatoms. The van der Waals surface area contributed by atoms with Gasteiger partial charge in [-0.3, -0.25) is 14.9 Å². The molecule has 1 aliphatic heterocycles. The number of nitro benzene ring substituents is 1. The summed E-state index contributed by atoms with van der Waals surface area (Å²) < 4.78 is 39.2. The Kier molecular flexibility index (Phi) is 7.04. The molecule has 1 amide bonds. The summed E-state index contributed by atoms with van der Waals surface area (Å²) in [5, 5.41) is 13.8. The van der Waals surface area contributed by atoms with Gasteiger partial charge >= 0.3 is 6.18 Å². The second kappa shape index (κ2) is 10.2. The van der Waals surface area contributed by atoms with Crippen molar-refractivity contribution < 1.29 is 22.9 Å². The van der Waals surface area contributed by atoms with Crippen LogP contribution in [0.5, 0.6) is 0 Å². The third-order valence-electron chi connectivity index (χ3n) is 6.21. The maximum absolute atomic E-state index is 13.1. The van der Waals surface area contributed by atoms with Gasteiger partial charge in [0.15, 0.2) is 0 Å². The molecule has 6 nitrogen and oxygen atoms in total. The number of amides is 1. The highest BCUT2D eigenvalue weighted by Crippen LogP contribution is 2.33. The number of rotatable bonds is 6. The van der Waals surface area contributed by atoms with Crippen molar-refractivity contribution in [3.8, 4) is 0 Å². The zero-order valence-electron chi connectivity index (χ0n) is 18.8. The van der Waals surface area contributed by atoms with Crippen molar-refractivity contribution in [2.75, 3.05) is 23.3 Å². The lowest BCUT2D eigenvalue weighted by atomic mass is 9.89. The Morgan fingerprint density at radius 2 is 1.71 bits per heavy atom. The minimum atomic E-state index is -4.55. The Hall–Kier alpha value is -3.88. The number of non-ortho nitro benzene ring substituents is 1. The van der Waals surface area contributed by atoms with Crippen LogP contribution < -0.4 is 10.2 Å². The molecule has 1 saturated heterocycles. The van der Waals surface area contributed by atoms with Crippen LogP contribution in [0, 0.1) is 16.0 Å². The monoisotopic (exact) mass is 483 g/mol. The number of hydrogen-bond donors (Lipinski definition) is 1. The molecule has 3 aromatic rings. The zero-order chi connectivity index (χ0) is 25.0. The standard InChI is InChI=1S/C26H24F3N3O3/c27-26(28,29)20-7-4-8-21(16-20)30-25(33)23-17-22(32(34)35)9-10-24(23)31-13-11-19(12-14-31)15-18-5-2-1-3-6-18/h1-10,16-17,19H,11-15H2,(H,30,33). The molecule has 0 bridgehead atoms. The first kappa shape index (κ1) is 24.3. The molecule has 0 aromatic heterocycles. The van der Waals surface area contributed by atoms with Crippen LogP contribution in [0.25, 0.3) is 0 Å². The van der Waals surface area contributed by atoms with E-state index >= 15 is 0 Å². The number of alkyl halides is 3.